The quantitative estimate of drug-likeness (QED) is 0.745. The van der Waals surface area contributed by atoms with E-state index >= 15 is 0 Å². The van der Waals surface area contributed by atoms with Crippen LogP contribution in [0.1, 0.15) is 16.2 Å². The highest BCUT2D eigenvalue weighted by Gasteiger charge is 2.14. The summed E-state index contributed by atoms with van der Waals surface area (Å²) in [7, 11) is 0. The first kappa shape index (κ1) is 16.3. The van der Waals surface area contributed by atoms with Crippen molar-refractivity contribution in [1.29, 1.82) is 0 Å². The first-order chi connectivity index (χ1) is 11.5. The van der Waals surface area contributed by atoms with Crippen molar-refractivity contribution < 1.29 is 13.9 Å². The number of primary amides is 1. The first-order valence-electron chi connectivity index (χ1n) is 6.83. The third-order valence-electron chi connectivity index (χ3n) is 3.10. The van der Waals surface area contributed by atoms with E-state index in [1.54, 1.807) is 24.3 Å². The van der Waals surface area contributed by atoms with E-state index in [9.17, 15) is 4.79 Å². The Balaban J connectivity index is 1.75. The zero-order chi connectivity index (χ0) is 17.1. The largest absolute Gasteiger partial charge is 0.487 e. The molecule has 0 fully saturated rings. The summed E-state index contributed by atoms with van der Waals surface area (Å²) in [6.07, 6.45) is 0. The van der Waals surface area contributed by atoms with E-state index < -0.39 is 5.91 Å². The van der Waals surface area contributed by atoms with Gasteiger partial charge in [0.2, 0.25) is 5.89 Å². The molecular weight excluding hydrogens is 353 g/mol. The van der Waals surface area contributed by atoms with Gasteiger partial charge in [-0.1, -0.05) is 35.3 Å². The molecule has 0 aliphatic heterocycles. The van der Waals surface area contributed by atoms with Gasteiger partial charge >= 0.3 is 11.8 Å². The number of halogens is 2. The van der Waals surface area contributed by atoms with Crippen LogP contribution < -0.4 is 10.5 Å². The van der Waals surface area contributed by atoms with Crippen molar-refractivity contribution in [3.63, 3.8) is 0 Å². The molecule has 0 atom stereocenters. The molecule has 0 unspecified atom stereocenters. The molecule has 0 spiro atoms. The molecule has 0 saturated heterocycles. The molecule has 3 rings (SSSR count). The zero-order valence-electron chi connectivity index (χ0n) is 12.2. The summed E-state index contributed by atoms with van der Waals surface area (Å²) >= 11 is 12.1. The van der Waals surface area contributed by atoms with E-state index in [1.165, 1.54) is 0 Å². The molecule has 8 heteroatoms. The number of hydrogen-bond donors (Lipinski definition) is 1. The van der Waals surface area contributed by atoms with Crippen molar-refractivity contribution in [2.24, 2.45) is 5.73 Å². The lowest BCUT2D eigenvalue weighted by molar-refractivity contribution is 0.0968. The molecule has 2 N–H and O–H groups in total. The van der Waals surface area contributed by atoms with Crippen LogP contribution in [-0.2, 0) is 6.61 Å². The number of nitrogens with two attached hydrogens (primary N) is 1. The number of hydrogen-bond acceptors (Lipinski definition) is 5. The Bertz CT molecular complexity index is 896. The molecule has 0 radical (unpaired) electrons. The summed E-state index contributed by atoms with van der Waals surface area (Å²) in [5.74, 6) is -0.411. The molecule has 24 heavy (non-hydrogen) atoms. The minimum atomic E-state index is -0.790. The van der Waals surface area contributed by atoms with Gasteiger partial charge in [0.15, 0.2) is 0 Å². The number of rotatable bonds is 5. The highest BCUT2D eigenvalue weighted by molar-refractivity contribution is 6.32. The summed E-state index contributed by atoms with van der Waals surface area (Å²) in [6.45, 7) is 0.325. The molecule has 0 aliphatic carbocycles. The van der Waals surface area contributed by atoms with Gasteiger partial charge in [-0.15, -0.1) is 10.2 Å². The highest BCUT2D eigenvalue weighted by Crippen LogP contribution is 2.30. The van der Waals surface area contributed by atoms with Crippen molar-refractivity contribution in [3.8, 4) is 17.2 Å². The van der Waals surface area contributed by atoms with Crippen LogP contribution in [0.3, 0.4) is 0 Å². The Morgan fingerprint density at radius 1 is 1.17 bits per heavy atom. The third-order valence-corrected chi connectivity index (χ3v) is 3.63. The van der Waals surface area contributed by atoms with Gasteiger partial charge in [0.1, 0.15) is 12.4 Å². The van der Waals surface area contributed by atoms with Crippen molar-refractivity contribution in [1.82, 2.24) is 10.2 Å². The highest BCUT2D eigenvalue weighted by atomic mass is 35.5. The predicted molar refractivity (Wildman–Crippen MR) is 89.0 cm³/mol. The lowest BCUT2D eigenvalue weighted by Crippen LogP contribution is -2.10. The summed E-state index contributed by atoms with van der Waals surface area (Å²) in [5.41, 5.74) is 6.55. The van der Waals surface area contributed by atoms with Gasteiger partial charge in [0.05, 0.1) is 5.02 Å². The number of ether oxygens (including phenoxy) is 1. The number of benzene rings is 2. The first-order valence-corrected chi connectivity index (χ1v) is 7.59. The Kier molecular flexibility index (Phi) is 4.69. The summed E-state index contributed by atoms with van der Waals surface area (Å²) < 4.78 is 10.8. The average molecular weight is 364 g/mol. The molecule has 0 bridgehead atoms. The third kappa shape index (κ3) is 3.67. The van der Waals surface area contributed by atoms with Gasteiger partial charge in [-0.05, 0) is 35.9 Å². The lowest BCUT2D eigenvalue weighted by Gasteiger charge is -2.09. The van der Waals surface area contributed by atoms with Crippen molar-refractivity contribution in [2.75, 3.05) is 0 Å². The van der Waals surface area contributed by atoms with Gasteiger partial charge in [0, 0.05) is 10.6 Å². The number of amides is 1. The Morgan fingerprint density at radius 3 is 2.67 bits per heavy atom. The maximum atomic E-state index is 11.0. The molecule has 1 heterocycles. The van der Waals surface area contributed by atoms with Gasteiger partial charge in [-0.25, -0.2) is 0 Å². The summed E-state index contributed by atoms with van der Waals surface area (Å²) in [4.78, 5) is 11.0. The van der Waals surface area contributed by atoms with Gasteiger partial charge < -0.3 is 14.9 Å². The maximum absolute atomic E-state index is 11.0. The fraction of sp³-hybridized carbons (Fsp3) is 0.0625. The van der Waals surface area contributed by atoms with Crippen molar-refractivity contribution in [2.45, 2.75) is 6.61 Å². The fourth-order valence-electron chi connectivity index (χ4n) is 1.98. The Morgan fingerprint density at radius 2 is 2.00 bits per heavy atom. The van der Waals surface area contributed by atoms with Crippen LogP contribution in [0, 0.1) is 0 Å². The van der Waals surface area contributed by atoms with Crippen LogP contribution in [0.25, 0.3) is 11.5 Å². The van der Waals surface area contributed by atoms with E-state index in [1.807, 2.05) is 18.2 Å². The molecule has 0 aliphatic rings. The standard InChI is InChI=1S/C16H11Cl2N3O3/c17-11-3-1-2-9(6-11)8-23-13-5-4-10(7-12(13)18)15-20-21-16(24-15)14(19)22/h1-7H,8H2,(H2,19,22). The second-order valence-corrected chi connectivity index (χ2v) is 5.68. The molecular formula is C16H11Cl2N3O3. The number of carbonyl (C=O) groups is 1. The minimum Gasteiger partial charge on any atom is -0.487 e. The maximum Gasteiger partial charge on any atom is 0.306 e. The topological polar surface area (TPSA) is 91.2 Å². The number of nitrogens with zero attached hydrogens (tertiary/aromatic N) is 2. The molecule has 1 amide bonds. The van der Waals surface area contributed by atoms with E-state index in [-0.39, 0.29) is 11.8 Å². The van der Waals surface area contributed by atoms with Crippen LogP contribution in [0.4, 0.5) is 0 Å². The Labute approximate surface area is 147 Å². The van der Waals surface area contributed by atoms with Crippen molar-refractivity contribution >= 4 is 29.1 Å². The van der Waals surface area contributed by atoms with E-state index in [0.29, 0.717) is 28.0 Å². The van der Waals surface area contributed by atoms with E-state index in [0.717, 1.165) is 5.56 Å². The fourth-order valence-corrected chi connectivity index (χ4v) is 2.43. The van der Waals surface area contributed by atoms with Crippen LogP contribution in [0.5, 0.6) is 5.75 Å². The zero-order valence-corrected chi connectivity index (χ0v) is 13.7. The molecule has 6 nitrogen and oxygen atoms in total. The minimum absolute atomic E-state index is 0.145. The predicted octanol–water partition coefficient (Wildman–Crippen LogP) is 3.72. The molecule has 2 aromatic carbocycles. The smallest absolute Gasteiger partial charge is 0.306 e. The van der Waals surface area contributed by atoms with Crippen LogP contribution in [0.2, 0.25) is 10.0 Å². The van der Waals surface area contributed by atoms with E-state index in [2.05, 4.69) is 10.2 Å². The number of carbonyl (C=O) groups excluding carboxylic acids is 1. The van der Waals surface area contributed by atoms with E-state index in [4.69, 9.17) is 38.1 Å². The second kappa shape index (κ2) is 6.90. The molecule has 1 aromatic heterocycles. The SMILES string of the molecule is NC(=O)c1nnc(-c2ccc(OCc3cccc(Cl)c3)c(Cl)c2)o1. The second-order valence-electron chi connectivity index (χ2n) is 4.84. The van der Waals surface area contributed by atoms with Crippen LogP contribution >= 0.6 is 23.2 Å². The Hall–Kier alpha value is -2.57. The molecule has 3 aromatic rings. The van der Waals surface area contributed by atoms with Gasteiger partial charge in [-0.3, -0.25) is 4.79 Å². The van der Waals surface area contributed by atoms with Gasteiger partial charge in [0.25, 0.3) is 0 Å². The summed E-state index contributed by atoms with van der Waals surface area (Å²) in [5, 5.41) is 8.31. The monoisotopic (exact) mass is 363 g/mol. The van der Waals surface area contributed by atoms with Crippen LogP contribution in [-0.4, -0.2) is 16.1 Å². The molecule has 0 saturated carbocycles. The normalized spacial score (nSPS) is 10.6. The van der Waals surface area contributed by atoms with Crippen molar-refractivity contribution in [3.05, 3.63) is 64.0 Å². The van der Waals surface area contributed by atoms with Crippen LogP contribution in [0.15, 0.2) is 46.9 Å². The number of aromatic nitrogens is 2. The summed E-state index contributed by atoms with van der Waals surface area (Å²) in [6, 6.07) is 12.3. The lowest BCUT2D eigenvalue weighted by atomic mass is 10.2. The van der Waals surface area contributed by atoms with Gasteiger partial charge in [-0.2, -0.15) is 0 Å². The average Bonchev–Trinajstić information content (AvgIpc) is 3.04. The molecule has 122 valence electrons.